The minimum absolute atomic E-state index is 0.209. The summed E-state index contributed by atoms with van der Waals surface area (Å²) in [5, 5.41) is 3.73. The van der Waals surface area contributed by atoms with Gasteiger partial charge in [-0.15, -0.1) is 11.3 Å². The number of nitrogens with zero attached hydrogens (tertiary/aromatic N) is 1. The van der Waals surface area contributed by atoms with Crippen LogP contribution in [0, 0.1) is 6.92 Å². The molecule has 0 bridgehead atoms. The number of rotatable bonds is 5. The fraction of sp³-hybridized carbons (Fsp3) is 0.300. The predicted octanol–water partition coefficient (Wildman–Crippen LogP) is 2.22. The van der Waals surface area contributed by atoms with Crippen molar-refractivity contribution in [3.05, 3.63) is 34.0 Å². The van der Waals surface area contributed by atoms with E-state index in [1.165, 1.54) is 6.07 Å². The van der Waals surface area contributed by atoms with Gasteiger partial charge in [0.2, 0.25) is 10.0 Å². The van der Waals surface area contributed by atoms with E-state index in [0.29, 0.717) is 16.5 Å². The van der Waals surface area contributed by atoms with E-state index in [0.717, 1.165) is 17.0 Å². The molecule has 0 aliphatic carbocycles. The van der Waals surface area contributed by atoms with Crippen LogP contribution in [0.5, 0.6) is 0 Å². The highest BCUT2D eigenvalue weighted by molar-refractivity contribution is 7.91. The SMILES string of the molecule is Cc1cc(CCNS(=O)(=O)c2ccc(Cl)s2)on1. The first kappa shape index (κ1) is 13.5. The number of sulfonamides is 1. The Hall–Kier alpha value is -0.890. The lowest BCUT2D eigenvalue weighted by molar-refractivity contribution is 0.379. The second-order valence-electron chi connectivity index (χ2n) is 3.64. The third-order valence-corrected chi connectivity index (χ3v) is 5.34. The zero-order valence-electron chi connectivity index (χ0n) is 9.51. The summed E-state index contributed by atoms with van der Waals surface area (Å²) in [5.74, 6) is 0.652. The maximum atomic E-state index is 11.8. The van der Waals surface area contributed by atoms with Crippen molar-refractivity contribution >= 4 is 33.0 Å². The van der Waals surface area contributed by atoms with Gasteiger partial charge in [0.15, 0.2) is 0 Å². The highest BCUT2D eigenvalue weighted by Gasteiger charge is 2.16. The van der Waals surface area contributed by atoms with Gasteiger partial charge >= 0.3 is 0 Å². The molecule has 0 atom stereocenters. The molecule has 18 heavy (non-hydrogen) atoms. The van der Waals surface area contributed by atoms with Crippen LogP contribution in [0.4, 0.5) is 0 Å². The third kappa shape index (κ3) is 3.32. The fourth-order valence-corrected chi connectivity index (χ4v) is 3.92. The maximum Gasteiger partial charge on any atom is 0.250 e. The lowest BCUT2D eigenvalue weighted by Gasteiger charge is -2.02. The molecule has 0 radical (unpaired) electrons. The molecule has 0 spiro atoms. The molecule has 2 aromatic rings. The molecule has 0 aromatic carbocycles. The predicted molar refractivity (Wildman–Crippen MR) is 69.5 cm³/mol. The van der Waals surface area contributed by atoms with Crippen molar-refractivity contribution in [3.63, 3.8) is 0 Å². The van der Waals surface area contributed by atoms with E-state index in [4.69, 9.17) is 16.1 Å². The van der Waals surface area contributed by atoms with Crippen molar-refractivity contribution in [2.45, 2.75) is 17.6 Å². The van der Waals surface area contributed by atoms with Crippen LogP contribution in [0.1, 0.15) is 11.5 Å². The summed E-state index contributed by atoms with van der Waals surface area (Å²) < 4.78 is 31.8. The van der Waals surface area contributed by atoms with Gasteiger partial charge in [-0.05, 0) is 19.1 Å². The van der Waals surface area contributed by atoms with Crippen molar-refractivity contribution in [2.24, 2.45) is 0 Å². The van der Waals surface area contributed by atoms with Gasteiger partial charge in [0, 0.05) is 19.0 Å². The van der Waals surface area contributed by atoms with Crippen molar-refractivity contribution < 1.29 is 12.9 Å². The summed E-state index contributed by atoms with van der Waals surface area (Å²) in [6, 6.07) is 4.81. The molecule has 98 valence electrons. The Morgan fingerprint density at radius 1 is 1.50 bits per heavy atom. The van der Waals surface area contributed by atoms with Gasteiger partial charge in [-0.25, -0.2) is 13.1 Å². The molecule has 2 aromatic heterocycles. The van der Waals surface area contributed by atoms with E-state index in [-0.39, 0.29) is 10.8 Å². The van der Waals surface area contributed by atoms with Crippen molar-refractivity contribution in [3.8, 4) is 0 Å². The van der Waals surface area contributed by atoms with Crippen LogP contribution in [-0.2, 0) is 16.4 Å². The molecule has 8 heteroatoms. The molecule has 1 N–H and O–H groups in total. The molecule has 0 amide bonds. The molecule has 2 heterocycles. The van der Waals surface area contributed by atoms with Crippen LogP contribution in [0.15, 0.2) is 26.9 Å². The Kier molecular flexibility index (Phi) is 4.06. The molecular weight excluding hydrogens is 296 g/mol. The standard InChI is InChI=1S/C10H11ClN2O3S2/c1-7-6-8(16-13-7)4-5-12-18(14,15)10-3-2-9(11)17-10/h2-3,6,12H,4-5H2,1H3. The summed E-state index contributed by atoms with van der Waals surface area (Å²) in [5.41, 5.74) is 0.776. The average Bonchev–Trinajstić information content (AvgIpc) is 2.88. The zero-order chi connectivity index (χ0) is 13.2. The molecule has 2 rings (SSSR count). The number of hydrogen-bond acceptors (Lipinski definition) is 5. The summed E-state index contributed by atoms with van der Waals surface area (Å²) in [6.07, 6.45) is 0.458. The highest BCUT2D eigenvalue weighted by atomic mass is 35.5. The van der Waals surface area contributed by atoms with Crippen LogP contribution in [0.2, 0.25) is 4.34 Å². The zero-order valence-corrected chi connectivity index (χ0v) is 11.9. The van der Waals surface area contributed by atoms with Gasteiger partial charge in [-0.2, -0.15) is 0 Å². The molecule has 0 aliphatic rings. The summed E-state index contributed by atoms with van der Waals surface area (Å²) >= 11 is 6.73. The number of halogens is 1. The topological polar surface area (TPSA) is 72.2 Å². The van der Waals surface area contributed by atoms with Crippen LogP contribution in [0.3, 0.4) is 0 Å². The largest absolute Gasteiger partial charge is 0.361 e. The Labute approximate surface area is 114 Å². The molecular formula is C10H11ClN2O3S2. The van der Waals surface area contributed by atoms with E-state index in [2.05, 4.69) is 9.88 Å². The fourth-order valence-electron chi connectivity index (χ4n) is 1.36. The van der Waals surface area contributed by atoms with Crippen LogP contribution < -0.4 is 4.72 Å². The maximum absolute atomic E-state index is 11.8. The van der Waals surface area contributed by atoms with Crippen molar-refractivity contribution in [1.82, 2.24) is 9.88 Å². The van der Waals surface area contributed by atoms with Gasteiger partial charge in [0.05, 0.1) is 10.0 Å². The second-order valence-corrected chi connectivity index (χ2v) is 7.35. The van der Waals surface area contributed by atoms with Crippen molar-refractivity contribution in [1.29, 1.82) is 0 Å². The third-order valence-electron chi connectivity index (χ3n) is 2.15. The average molecular weight is 307 g/mol. The normalized spacial score (nSPS) is 11.9. The minimum atomic E-state index is -3.48. The van der Waals surface area contributed by atoms with Crippen molar-refractivity contribution in [2.75, 3.05) is 6.54 Å². The van der Waals surface area contributed by atoms with Crippen LogP contribution >= 0.6 is 22.9 Å². The molecule has 0 saturated heterocycles. The lowest BCUT2D eigenvalue weighted by atomic mass is 10.3. The second kappa shape index (κ2) is 5.40. The highest BCUT2D eigenvalue weighted by Crippen LogP contribution is 2.25. The molecule has 0 aliphatic heterocycles. The van der Waals surface area contributed by atoms with Crippen LogP contribution in [0.25, 0.3) is 0 Å². The van der Waals surface area contributed by atoms with E-state index >= 15 is 0 Å². The van der Waals surface area contributed by atoms with E-state index in [1.54, 1.807) is 12.1 Å². The van der Waals surface area contributed by atoms with Gasteiger partial charge in [-0.1, -0.05) is 16.8 Å². The molecule has 0 fully saturated rings. The lowest BCUT2D eigenvalue weighted by Crippen LogP contribution is -2.25. The number of aromatic nitrogens is 1. The molecule has 0 saturated carbocycles. The number of thiophene rings is 1. The summed E-state index contributed by atoms with van der Waals surface area (Å²) in [7, 11) is -3.48. The molecule has 0 unspecified atom stereocenters. The first-order valence-electron chi connectivity index (χ1n) is 5.14. The number of nitrogens with one attached hydrogen (secondary N) is 1. The van der Waals surface area contributed by atoms with E-state index < -0.39 is 10.0 Å². The summed E-state index contributed by atoms with van der Waals surface area (Å²) in [4.78, 5) is 0. The summed E-state index contributed by atoms with van der Waals surface area (Å²) in [6.45, 7) is 2.07. The quantitative estimate of drug-likeness (QED) is 0.919. The monoisotopic (exact) mass is 306 g/mol. The van der Waals surface area contributed by atoms with E-state index in [9.17, 15) is 8.42 Å². The van der Waals surface area contributed by atoms with Gasteiger partial charge in [0.1, 0.15) is 9.97 Å². The first-order chi connectivity index (χ1) is 8.47. The molecule has 5 nitrogen and oxygen atoms in total. The first-order valence-corrected chi connectivity index (χ1v) is 7.82. The van der Waals surface area contributed by atoms with Gasteiger partial charge in [0.25, 0.3) is 0 Å². The van der Waals surface area contributed by atoms with Gasteiger partial charge in [-0.3, -0.25) is 0 Å². The Bertz CT molecular complexity index is 633. The number of aryl methyl sites for hydroxylation is 1. The van der Waals surface area contributed by atoms with Crippen LogP contribution in [-0.4, -0.2) is 20.1 Å². The Morgan fingerprint density at radius 2 is 2.28 bits per heavy atom. The smallest absolute Gasteiger partial charge is 0.250 e. The Balaban J connectivity index is 1.93. The van der Waals surface area contributed by atoms with Gasteiger partial charge < -0.3 is 4.52 Å². The Morgan fingerprint density at radius 3 is 2.83 bits per heavy atom. The van der Waals surface area contributed by atoms with E-state index in [1.807, 2.05) is 6.92 Å². The number of hydrogen-bond donors (Lipinski definition) is 1. The minimum Gasteiger partial charge on any atom is -0.361 e.